The smallest absolute Gasteiger partial charge is 0.303 e. The minimum atomic E-state index is -0.867. The van der Waals surface area contributed by atoms with E-state index >= 15 is 0 Å². The molecule has 86 valence electrons. The van der Waals surface area contributed by atoms with Gasteiger partial charge in [0.25, 0.3) is 0 Å². The molecular weight excluding hydrogens is 196 g/mol. The molecule has 0 bridgehead atoms. The second-order valence-electron chi connectivity index (χ2n) is 3.51. The number of hydrogen-bond acceptors (Lipinski definition) is 3. The van der Waals surface area contributed by atoms with Gasteiger partial charge in [0.2, 0.25) is 0 Å². The van der Waals surface area contributed by atoms with E-state index in [0.717, 1.165) is 16.7 Å². The summed E-state index contributed by atoms with van der Waals surface area (Å²) >= 11 is 0. The molecule has 0 rings (SSSR count). The van der Waals surface area contributed by atoms with E-state index in [2.05, 4.69) is 0 Å². The molecular formula is C11H18O4. The van der Waals surface area contributed by atoms with Crippen LogP contribution in [0.3, 0.4) is 0 Å². The van der Waals surface area contributed by atoms with E-state index in [1.165, 1.54) is 0 Å². The number of aliphatic hydroxyl groups excluding tert-OH is 2. The van der Waals surface area contributed by atoms with E-state index < -0.39 is 5.97 Å². The van der Waals surface area contributed by atoms with Gasteiger partial charge in [0.05, 0.1) is 13.2 Å². The van der Waals surface area contributed by atoms with Gasteiger partial charge in [0.15, 0.2) is 0 Å². The predicted octanol–water partition coefficient (Wildman–Crippen LogP) is 1.10. The summed E-state index contributed by atoms with van der Waals surface area (Å²) in [6, 6.07) is 0. The van der Waals surface area contributed by atoms with Gasteiger partial charge in [-0.2, -0.15) is 0 Å². The molecule has 4 heteroatoms. The normalized spacial score (nSPS) is 13.7. The maximum Gasteiger partial charge on any atom is 0.303 e. The number of carboxylic acids is 1. The van der Waals surface area contributed by atoms with Crippen molar-refractivity contribution >= 4 is 5.97 Å². The molecule has 4 nitrogen and oxygen atoms in total. The van der Waals surface area contributed by atoms with Crippen molar-refractivity contribution in [2.24, 2.45) is 0 Å². The molecule has 0 aliphatic carbocycles. The molecule has 0 aromatic carbocycles. The molecule has 0 aliphatic rings. The second-order valence-corrected chi connectivity index (χ2v) is 3.51. The van der Waals surface area contributed by atoms with Gasteiger partial charge < -0.3 is 15.3 Å². The predicted molar refractivity (Wildman–Crippen MR) is 57.5 cm³/mol. The van der Waals surface area contributed by atoms with Gasteiger partial charge in [-0.25, -0.2) is 0 Å². The van der Waals surface area contributed by atoms with Crippen LogP contribution in [0, 0.1) is 0 Å². The van der Waals surface area contributed by atoms with E-state index in [1.54, 1.807) is 19.9 Å². The largest absolute Gasteiger partial charge is 0.481 e. The zero-order valence-corrected chi connectivity index (χ0v) is 9.16. The first-order valence-corrected chi connectivity index (χ1v) is 4.80. The van der Waals surface area contributed by atoms with Crippen molar-refractivity contribution in [3.05, 3.63) is 22.8 Å². The molecule has 3 N–H and O–H groups in total. The Morgan fingerprint density at radius 2 is 1.73 bits per heavy atom. The highest BCUT2D eigenvalue weighted by molar-refractivity contribution is 5.67. The number of hydrogen-bond donors (Lipinski definition) is 3. The van der Waals surface area contributed by atoms with Gasteiger partial charge in [-0.3, -0.25) is 4.79 Å². The molecule has 15 heavy (non-hydrogen) atoms. The highest BCUT2D eigenvalue weighted by atomic mass is 16.4. The SMILES string of the molecule is C/C(=C/C(CCC(=O)O)=C(/C)CO)CO. The van der Waals surface area contributed by atoms with E-state index in [1.807, 2.05) is 0 Å². The Labute approximate surface area is 89.6 Å². The Kier molecular flexibility index (Phi) is 6.66. The van der Waals surface area contributed by atoms with Crippen LogP contribution in [-0.4, -0.2) is 34.5 Å². The van der Waals surface area contributed by atoms with Crippen LogP contribution >= 0.6 is 0 Å². The number of carbonyl (C=O) groups is 1. The van der Waals surface area contributed by atoms with Crippen molar-refractivity contribution in [2.45, 2.75) is 26.7 Å². The molecule has 0 atom stereocenters. The molecule has 0 saturated heterocycles. The van der Waals surface area contributed by atoms with Crippen molar-refractivity contribution in [2.75, 3.05) is 13.2 Å². The third-order valence-corrected chi connectivity index (χ3v) is 2.06. The number of aliphatic carboxylic acids is 1. The number of rotatable bonds is 6. The van der Waals surface area contributed by atoms with Gasteiger partial charge in [0.1, 0.15) is 0 Å². The van der Waals surface area contributed by atoms with E-state index in [-0.39, 0.29) is 19.6 Å². The molecule has 0 radical (unpaired) electrons. The maximum absolute atomic E-state index is 10.4. The van der Waals surface area contributed by atoms with E-state index in [9.17, 15) is 4.79 Å². The number of allylic oxidation sites excluding steroid dienone is 2. The average molecular weight is 214 g/mol. The molecule has 0 unspecified atom stereocenters. The molecule has 0 heterocycles. The third-order valence-electron chi connectivity index (χ3n) is 2.06. The number of aliphatic hydroxyl groups is 2. The Balaban J connectivity index is 4.68. The zero-order valence-electron chi connectivity index (χ0n) is 9.16. The van der Waals surface area contributed by atoms with Crippen molar-refractivity contribution in [3.8, 4) is 0 Å². The van der Waals surface area contributed by atoms with Crippen molar-refractivity contribution in [1.29, 1.82) is 0 Å². The summed E-state index contributed by atoms with van der Waals surface area (Å²) in [5.74, 6) is -0.867. The topological polar surface area (TPSA) is 77.8 Å². The van der Waals surface area contributed by atoms with E-state index in [0.29, 0.717) is 6.42 Å². The first kappa shape index (κ1) is 13.9. The molecule has 0 spiro atoms. The van der Waals surface area contributed by atoms with Gasteiger partial charge in [-0.1, -0.05) is 6.08 Å². The maximum atomic E-state index is 10.4. The van der Waals surface area contributed by atoms with Crippen LogP contribution in [0.1, 0.15) is 26.7 Å². The average Bonchev–Trinajstić information content (AvgIpc) is 2.22. The fourth-order valence-electron chi connectivity index (χ4n) is 1.09. The van der Waals surface area contributed by atoms with Crippen LogP contribution in [-0.2, 0) is 4.79 Å². The quantitative estimate of drug-likeness (QED) is 0.578. The summed E-state index contributed by atoms with van der Waals surface area (Å²) < 4.78 is 0. The molecule has 0 aromatic rings. The lowest BCUT2D eigenvalue weighted by Gasteiger charge is -2.06. The van der Waals surface area contributed by atoms with Crippen LogP contribution < -0.4 is 0 Å². The molecule has 0 saturated carbocycles. The molecule has 0 aromatic heterocycles. The van der Waals surface area contributed by atoms with Crippen LogP contribution in [0.2, 0.25) is 0 Å². The first-order chi connectivity index (χ1) is 7.01. The summed E-state index contributed by atoms with van der Waals surface area (Å²) in [7, 11) is 0. The van der Waals surface area contributed by atoms with Crippen LogP contribution in [0.4, 0.5) is 0 Å². The molecule has 0 amide bonds. The van der Waals surface area contributed by atoms with Gasteiger partial charge in [-0.05, 0) is 37.0 Å². The summed E-state index contributed by atoms with van der Waals surface area (Å²) in [6.07, 6.45) is 2.13. The highest BCUT2D eigenvalue weighted by Gasteiger charge is 2.04. The summed E-state index contributed by atoms with van der Waals surface area (Å²) in [6.45, 7) is 3.35. The van der Waals surface area contributed by atoms with Crippen molar-refractivity contribution in [3.63, 3.8) is 0 Å². The van der Waals surface area contributed by atoms with Crippen LogP contribution in [0.15, 0.2) is 22.8 Å². The number of carboxylic acid groups (broad SMARTS) is 1. The van der Waals surface area contributed by atoms with Crippen LogP contribution in [0.25, 0.3) is 0 Å². The Morgan fingerprint density at radius 3 is 2.13 bits per heavy atom. The fraction of sp³-hybridized carbons (Fsp3) is 0.545. The van der Waals surface area contributed by atoms with Gasteiger partial charge >= 0.3 is 5.97 Å². The standard InChI is InChI=1S/C11H18O4/c1-8(6-12)5-10(9(2)7-13)3-4-11(14)15/h5,12-13H,3-4,6-7H2,1-2H3,(H,14,15)/b8-5-,10-9-. The Bertz CT molecular complexity index is 276. The van der Waals surface area contributed by atoms with Gasteiger partial charge in [0, 0.05) is 6.42 Å². The Hall–Kier alpha value is -1.13. The highest BCUT2D eigenvalue weighted by Crippen LogP contribution is 2.14. The fourth-order valence-corrected chi connectivity index (χ4v) is 1.09. The monoisotopic (exact) mass is 214 g/mol. The lowest BCUT2D eigenvalue weighted by Crippen LogP contribution is -1.99. The van der Waals surface area contributed by atoms with Crippen molar-refractivity contribution in [1.82, 2.24) is 0 Å². The zero-order chi connectivity index (χ0) is 11.8. The van der Waals surface area contributed by atoms with Crippen molar-refractivity contribution < 1.29 is 20.1 Å². The van der Waals surface area contributed by atoms with Gasteiger partial charge in [-0.15, -0.1) is 0 Å². The lowest BCUT2D eigenvalue weighted by atomic mass is 10.0. The van der Waals surface area contributed by atoms with E-state index in [4.69, 9.17) is 15.3 Å². The minimum Gasteiger partial charge on any atom is -0.481 e. The summed E-state index contributed by atoms with van der Waals surface area (Å²) in [5.41, 5.74) is 2.28. The third kappa shape index (κ3) is 6.04. The second kappa shape index (κ2) is 7.20. The van der Waals surface area contributed by atoms with Crippen LogP contribution in [0.5, 0.6) is 0 Å². The summed E-state index contributed by atoms with van der Waals surface area (Å²) in [5, 5.41) is 26.4. The molecule has 0 fully saturated rings. The Morgan fingerprint density at radius 1 is 1.13 bits per heavy atom. The first-order valence-electron chi connectivity index (χ1n) is 4.80. The minimum absolute atomic E-state index is 0.0296. The molecule has 0 aliphatic heterocycles. The summed E-state index contributed by atoms with van der Waals surface area (Å²) in [4.78, 5) is 10.4. The lowest BCUT2D eigenvalue weighted by molar-refractivity contribution is -0.136.